The summed E-state index contributed by atoms with van der Waals surface area (Å²) in [7, 11) is 1.20. The summed E-state index contributed by atoms with van der Waals surface area (Å²) in [6.07, 6.45) is -2.22. The molecule has 10 heteroatoms. The second-order valence-corrected chi connectivity index (χ2v) is 6.05. The maximum absolute atomic E-state index is 14.6. The van der Waals surface area contributed by atoms with Gasteiger partial charge in [-0.25, -0.2) is 4.39 Å². The number of carbonyl (C=O) groups excluding carboxylic acids is 1. The third-order valence-corrected chi connectivity index (χ3v) is 3.95. The van der Waals surface area contributed by atoms with Gasteiger partial charge in [0.25, 0.3) is 5.24 Å². The average Bonchev–Trinajstić information content (AvgIpc) is 3.39. The fourth-order valence-electron chi connectivity index (χ4n) is 2.44. The van der Waals surface area contributed by atoms with Gasteiger partial charge in [-0.1, -0.05) is 0 Å². The Labute approximate surface area is 155 Å². The van der Waals surface area contributed by atoms with Crippen LogP contribution in [0, 0.1) is 5.82 Å². The van der Waals surface area contributed by atoms with Crippen LogP contribution in [-0.4, -0.2) is 23.7 Å². The van der Waals surface area contributed by atoms with Crippen molar-refractivity contribution in [3.63, 3.8) is 0 Å². The molecular formula is C17H12ClF4NO4. The monoisotopic (exact) mass is 405 g/mol. The maximum atomic E-state index is 14.6. The average molecular weight is 406 g/mol. The minimum Gasteiger partial charge on any atom is -0.493 e. The first-order valence-electron chi connectivity index (χ1n) is 7.69. The summed E-state index contributed by atoms with van der Waals surface area (Å²) in [6, 6.07) is 3.04. The zero-order chi connectivity index (χ0) is 19.8. The summed E-state index contributed by atoms with van der Waals surface area (Å²) in [4.78, 5) is 15.7. The first kappa shape index (κ1) is 19.2. The summed E-state index contributed by atoms with van der Waals surface area (Å²) in [5, 5.41) is -1.08. The summed E-state index contributed by atoms with van der Waals surface area (Å²) in [5.74, 6) is -1.95. The second-order valence-electron chi connectivity index (χ2n) is 5.71. The highest BCUT2D eigenvalue weighted by Gasteiger charge is 2.33. The molecule has 0 radical (unpaired) electrons. The van der Waals surface area contributed by atoms with Gasteiger partial charge in [0.2, 0.25) is 0 Å². The number of aromatic nitrogens is 1. The van der Waals surface area contributed by atoms with Gasteiger partial charge in [0.15, 0.2) is 23.1 Å². The topological polar surface area (TPSA) is 57.6 Å². The van der Waals surface area contributed by atoms with Gasteiger partial charge in [0.1, 0.15) is 11.3 Å². The zero-order valence-corrected chi connectivity index (χ0v) is 14.5. The standard InChI is InChI=1S/C17H12ClF4NO4/c1-25-11-6-9(27-17(20,21)22)4-5-10(11)26-12-7-23-15(8-2-3-8)14(19)13(12)16(18)24/h4-8H,2-3H2,1H3. The van der Waals surface area contributed by atoms with Crippen LogP contribution < -0.4 is 14.2 Å². The van der Waals surface area contributed by atoms with Crippen LogP contribution in [0.1, 0.15) is 34.8 Å². The lowest BCUT2D eigenvalue weighted by Crippen LogP contribution is -2.17. The molecule has 1 aromatic heterocycles. The Kier molecular flexibility index (Phi) is 5.14. The first-order valence-corrected chi connectivity index (χ1v) is 8.07. The molecule has 144 valence electrons. The molecule has 3 rings (SSSR count). The van der Waals surface area contributed by atoms with Crippen LogP contribution in [0.5, 0.6) is 23.0 Å². The number of ether oxygens (including phenoxy) is 3. The van der Waals surface area contributed by atoms with Crippen molar-refractivity contribution >= 4 is 16.8 Å². The minimum absolute atomic E-state index is 0.0675. The summed E-state index contributed by atoms with van der Waals surface area (Å²) < 4.78 is 65.8. The summed E-state index contributed by atoms with van der Waals surface area (Å²) >= 11 is 5.49. The van der Waals surface area contributed by atoms with Crippen molar-refractivity contribution in [2.45, 2.75) is 25.1 Å². The highest BCUT2D eigenvalue weighted by Crippen LogP contribution is 2.43. The van der Waals surface area contributed by atoms with Gasteiger partial charge in [-0.15, -0.1) is 13.2 Å². The van der Waals surface area contributed by atoms with E-state index in [1.807, 2.05) is 0 Å². The largest absolute Gasteiger partial charge is 0.573 e. The molecule has 1 aliphatic carbocycles. The zero-order valence-electron chi connectivity index (χ0n) is 13.8. The van der Waals surface area contributed by atoms with Gasteiger partial charge >= 0.3 is 6.36 Å². The molecule has 0 saturated heterocycles. The number of methoxy groups -OCH3 is 1. The van der Waals surface area contributed by atoms with E-state index in [4.69, 9.17) is 21.1 Å². The smallest absolute Gasteiger partial charge is 0.493 e. The molecule has 1 saturated carbocycles. The van der Waals surface area contributed by atoms with Gasteiger partial charge in [0, 0.05) is 12.0 Å². The Hall–Kier alpha value is -2.55. The molecule has 0 bridgehead atoms. The first-order chi connectivity index (χ1) is 12.7. The molecule has 1 heterocycles. The van der Waals surface area contributed by atoms with Crippen LogP contribution in [0.4, 0.5) is 17.6 Å². The number of carbonyl (C=O) groups is 1. The third kappa shape index (κ3) is 4.41. The predicted molar refractivity (Wildman–Crippen MR) is 86.1 cm³/mol. The Morgan fingerprint density at radius 3 is 2.48 bits per heavy atom. The van der Waals surface area contributed by atoms with E-state index in [1.165, 1.54) is 7.11 Å². The molecule has 0 N–H and O–H groups in total. The SMILES string of the molecule is COc1cc(OC(F)(F)F)ccc1Oc1cnc(C2CC2)c(F)c1C(=O)Cl. The van der Waals surface area contributed by atoms with E-state index in [1.54, 1.807) is 0 Å². The lowest BCUT2D eigenvalue weighted by molar-refractivity contribution is -0.274. The van der Waals surface area contributed by atoms with E-state index in [0.717, 1.165) is 37.2 Å². The van der Waals surface area contributed by atoms with Crippen LogP contribution in [-0.2, 0) is 0 Å². The molecule has 0 unspecified atom stereocenters. The molecule has 27 heavy (non-hydrogen) atoms. The number of pyridine rings is 1. The van der Waals surface area contributed by atoms with E-state index in [0.29, 0.717) is 0 Å². The van der Waals surface area contributed by atoms with Crippen molar-refractivity contribution in [1.82, 2.24) is 4.98 Å². The number of benzene rings is 1. The van der Waals surface area contributed by atoms with E-state index >= 15 is 0 Å². The number of halogens is 5. The Balaban J connectivity index is 1.95. The van der Waals surface area contributed by atoms with E-state index in [9.17, 15) is 22.4 Å². The number of rotatable bonds is 6. The molecule has 1 fully saturated rings. The van der Waals surface area contributed by atoms with E-state index in [2.05, 4.69) is 9.72 Å². The van der Waals surface area contributed by atoms with Gasteiger partial charge in [0.05, 0.1) is 19.0 Å². The van der Waals surface area contributed by atoms with Gasteiger partial charge < -0.3 is 14.2 Å². The fourth-order valence-corrected chi connectivity index (χ4v) is 2.61. The molecular weight excluding hydrogens is 394 g/mol. The van der Waals surface area contributed by atoms with E-state index in [-0.39, 0.29) is 28.9 Å². The summed E-state index contributed by atoms with van der Waals surface area (Å²) in [5.41, 5.74) is -0.363. The van der Waals surface area contributed by atoms with Crippen molar-refractivity contribution in [2.24, 2.45) is 0 Å². The van der Waals surface area contributed by atoms with Gasteiger partial charge in [-0.2, -0.15) is 0 Å². The molecule has 0 amide bonds. The molecule has 1 aromatic carbocycles. The van der Waals surface area contributed by atoms with Crippen LogP contribution in [0.2, 0.25) is 0 Å². The maximum Gasteiger partial charge on any atom is 0.573 e. The second kappa shape index (κ2) is 7.22. The van der Waals surface area contributed by atoms with E-state index < -0.39 is 28.7 Å². The summed E-state index contributed by atoms with van der Waals surface area (Å²) in [6.45, 7) is 0. The lowest BCUT2D eigenvalue weighted by Gasteiger charge is -2.15. The fraction of sp³-hybridized carbons (Fsp3) is 0.294. The minimum atomic E-state index is -4.88. The van der Waals surface area contributed by atoms with Crippen molar-refractivity contribution < 1.29 is 36.6 Å². The Bertz CT molecular complexity index is 884. The number of alkyl halides is 3. The van der Waals surface area contributed by atoms with Crippen molar-refractivity contribution in [3.05, 3.63) is 41.5 Å². The van der Waals surface area contributed by atoms with Crippen LogP contribution in [0.25, 0.3) is 0 Å². The number of nitrogens with zero attached hydrogens (tertiary/aromatic N) is 1. The molecule has 0 aliphatic heterocycles. The van der Waals surface area contributed by atoms with Crippen molar-refractivity contribution in [3.8, 4) is 23.0 Å². The lowest BCUT2D eigenvalue weighted by atomic mass is 10.1. The third-order valence-electron chi connectivity index (χ3n) is 3.76. The molecule has 0 atom stereocenters. The quantitative estimate of drug-likeness (QED) is 0.490. The molecule has 1 aliphatic rings. The van der Waals surface area contributed by atoms with Crippen LogP contribution in [0.15, 0.2) is 24.4 Å². The molecule has 5 nitrogen and oxygen atoms in total. The Morgan fingerprint density at radius 2 is 1.93 bits per heavy atom. The van der Waals surface area contributed by atoms with Crippen molar-refractivity contribution in [1.29, 1.82) is 0 Å². The number of hydrogen-bond donors (Lipinski definition) is 0. The highest BCUT2D eigenvalue weighted by molar-refractivity contribution is 6.68. The normalized spacial score (nSPS) is 14.0. The highest BCUT2D eigenvalue weighted by atomic mass is 35.5. The number of hydrogen-bond acceptors (Lipinski definition) is 5. The predicted octanol–water partition coefficient (Wildman–Crippen LogP) is 5.18. The molecule has 0 spiro atoms. The van der Waals surface area contributed by atoms with Gasteiger partial charge in [-0.05, 0) is 36.6 Å². The Morgan fingerprint density at radius 1 is 1.22 bits per heavy atom. The van der Waals surface area contributed by atoms with Crippen LogP contribution in [0.3, 0.4) is 0 Å². The molecule has 2 aromatic rings. The van der Waals surface area contributed by atoms with Crippen molar-refractivity contribution in [2.75, 3.05) is 7.11 Å². The van der Waals surface area contributed by atoms with Gasteiger partial charge in [-0.3, -0.25) is 9.78 Å². The van der Waals surface area contributed by atoms with Crippen LogP contribution >= 0.6 is 11.6 Å².